The van der Waals surface area contributed by atoms with Crippen molar-refractivity contribution in [3.05, 3.63) is 53.0 Å². The van der Waals surface area contributed by atoms with Gasteiger partial charge in [-0.05, 0) is 13.3 Å². The third-order valence-electron chi connectivity index (χ3n) is 4.68. The van der Waals surface area contributed by atoms with Gasteiger partial charge in [-0.3, -0.25) is 9.89 Å². The molecule has 4 rings (SSSR count). The first-order valence-corrected chi connectivity index (χ1v) is 8.39. The molecule has 0 fully saturated rings. The van der Waals surface area contributed by atoms with Crippen molar-refractivity contribution in [1.29, 1.82) is 0 Å². The van der Waals surface area contributed by atoms with Crippen LogP contribution in [0.15, 0.2) is 35.0 Å². The molecule has 0 spiro atoms. The normalized spacial score (nSPS) is 14.2. The van der Waals surface area contributed by atoms with E-state index in [1.165, 1.54) is 5.56 Å². The van der Waals surface area contributed by atoms with Crippen LogP contribution in [-0.2, 0) is 24.1 Å². The topological polar surface area (TPSA) is 87.9 Å². The van der Waals surface area contributed by atoms with E-state index in [1.54, 1.807) is 6.92 Å². The van der Waals surface area contributed by atoms with Gasteiger partial charge in [-0.2, -0.15) is 5.10 Å². The van der Waals surface area contributed by atoms with E-state index in [-0.39, 0.29) is 12.3 Å². The number of benzene rings is 1. The zero-order valence-electron chi connectivity index (χ0n) is 14.0. The van der Waals surface area contributed by atoms with Crippen molar-refractivity contribution in [3.8, 4) is 11.3 Å². The smallest absolute Gasteiger partial charge is 0.228 e. The highest BCUT2D eigenvalue weighted by molar-refractivity contribution is 5.78. The second-order valence-corrected chi connectivity index (χ2v) is 6.25. The van der Waals surface area contributed by atoms with Crippen LogP contribution in [0.1, 0.15) is 22.6 Å². The van der Waals surface area contributed by atoms with Crippen LogP contribution < -0.4 is 0 Å². The molecule has 1 aromatic carbocycles. The van der Waals surface area contributed by atoms with Crippen LogP contribution in [-0.4, -0.2) is 44.4 Å². The Balaban J connectivity index is 1.50. The molecule has 0 bridgehead atoms. The minimum Gasteiger partial charge on any atom is -0.342 e. The fourth-order valence-corrected chi connectivity index (χ4v) is 3.23. The maximum absolute atomic E-state index is 12.6. The molecular weight excluding hydrogens is 318 g/mol. The lowest BCUT2D eigenvalue weighted by Gasteiger charge is -2.19. The number of H-pyrrole nitrogens is 1. The number of amides is 1. The summed E-state index contributed by atoms with van der Waals surface area (Å²) in [6.45, 7) is 3.15. The molecule has 1 amide bonds. The number of rotatable bonds is 3. The number of nitrogens with one attached hydrogen (secondary N) is 1. The number of hydrogen-bond acceptors (Lipinski definition) is 5. The highest BCUT2D eigenvalue weighted by atomic mass is 16.6. The van der Waals surface area contributed by atoms with E-state index < -0.39 is 0 Å². The molecule has 7 heteroatoms. The summed E-state index contributed by atoms with van der Waals surface area (Å²) in [5.41, 5.74) is 5.70. The average molecular weight is 337 g/mol. The number of aromatic nitrogens is 4. The van der Waals surface area contributed by atoms with Crippen molar-refractivity contribution < 1.29 is 9.42 Å². The Kier molecular flexibility index (Phi) is 4.05. The Morgan fingerprint density at radius 1 is 1.20 bits per heavy atom. The van der Waals surface area contributed by atoms with Crippen molar-refractivity contribution >= 4 is 5.91 Å². The Bertz CT molecular complexity index is 884. The first-order valence-electron chi connectivity index (χ1n) is 8.39. The zero-order valence-corrected chi connectivity index (χ0v) is 14.0. The number of carbonyl (C=O) groups excluding carboxylic acids is 1. The van der Waals surface area contributed by atoms with Crippen LogP contribution in [0.5, 0.6) is 0 Å². The van der Waals surface area contributed by atoms with Crippen LogP contribution in [0.2, 0.25) is 0 Å². The highest BCUT2D eigenvalue weighted by Crippen LogP contribution is 2.26. The molecule has 7 nitrogen and oxygen atoms in total. The standard InChI is InChI=1S/C18H19N5O2/c1-12-16(22-25-21-12)11-17(24)23-9-7-14-15(8-10-23)19-20-18(14)13-5-3-2-4-6-13/h2-6H,7-11H2,1H3,(H,19,20). The molecule has 25 heavy (non-hydrogen) atoms. The van der Waals surface area contributed by atoms with E-state index in [0.717, 1.165) is 29.8 Å². The van der Waals surface area contributed by atoms with Crippen LogP contribution in [0.3, 0.4) is 0 Å². The molecule has 128 valence electrons. The maximum atomic E-state index is 12.6. The van der Waals surface area contributed by atoms with Gasteiger partial charge in [0.05, 0.1) is 12.1 Å². The van der Waals surface area contributed by atoms with Gasteiger partial charge in [0.25, 0.3) is 0 Å². The molecule has 2 aromatic heterocycles. The van der Waals surface area contributed by atoms with E-state index >= 15 is 0 Å². The van der Waals surface area contributed by atoms with Crippen LogP contribution in [0, 0.1) is 6.92 Å². The Labute approximate surface area is 145 Å². The molecule has 3 heterocycles. The quantitative estimate of drug-likeness (QED) is 0.789. The molecule has 1 aliphatic rings. The number of fused-ring (bicyclic) bond motifs is 1. The number of aromatic amines is 1. The molecule has 0 atom stereocenters. The first-order chi connectivity index (χ1) is 12.2. The maximum Gasteiger partial charge on any atom is 0.228 e. The first kappa shape index (κ1) is 15.6. The lowest BCUT2D eigenvalue weighted by Crippen LogP contribution is -2.34. The molecule has 0 saturated heterocycles. The van der Waals surface area contributed by atoms with Crippen LogP contribution in [0.4, 0.5) is 0 Å². The summed E-state index contributed by atoms with van der Waals surface area (Å²) < 4.78 is 4.68. The van der Waals surface area contributed by atoms with Crippen molar-refractivity contribution in [2.24, 2.45) is 0 Å². The van der Waals surface area contributed by atoms with Crippen LogP contribution >= 0.6 is 0 Å². The predicted octanol–water partition coefficient (Wildman–Crippen LogP) is 1.94. The largest absolute Gasteiger partial charge is 0.342 e. The lowest BCUT2D eigenvalue weighted by atomic mass is 10.0. The van der Waals surface area contributed by atoms with Gasteiger partial charge in [0, 0.05) is 36.3 Å². The van der Waals surface area contributed by atoms with Crippen LogP contribution in [0.25, 0.3) is 11.3 Å². The SMILES string of the molecule is Cc1nonc1CC(=O)N1CCc2[nH]nc(-c3ccccc3)c2CC1. The van der Waals surface area contributed by atoms with E-state index in [2.05, 4.69) is 37.3 Å². The van der Waals surface area contributed by atoms with Gasteiger partial charge in [0.2, 0.25) is 5.91 Å². The summed E-state index contributed by atoms with van der Waals surface area (Å²) >= 11 is 0. The predicted molar refractivity (Wildman–Crippen MR) is 90.8 cm³/mol. The second kappa shape index (κ2) is 6.51. The fourth-order valence-electron chi connectivity index (χ4n) is 3.23. The van der Waals surface area contributed by atoms with Gasteiger partial charge in [0.15, 0.2) is 0 Å². The van der Waals surface area contributed by atoms with Crippen molar-refractivity contribution in [1.82, 2.24) is 25.4 Å². The van der Waals surface area contributed by atoms with Gasteiger partial charge >= 0.3 is 0 Å². The fraction of sp³-hybridized carbons (Fsp3) is 0.333. The Hall–Kier alpha value is -2.96. The van der Waals surface area contributed by atoms with E-state index in [9.17, 15) is 4.79 Å². The van der Waals surface area contributed by atoms with Crippen molar-refractivity contribution in [2.75, 3.05) is 13.1 Å². The van der Waals surface area contributed by atoms with Gasteiger partial charge in [0.1, 0.15) is 11.4 Å². The summed E-state index contributed by atoms with van der Waals surface area (Å²) in [5.74, 6) is 0.0539. The Morgan fingerprint density at radius 3 is 2.76 bits per heavy atom. The van der Waals surface area contributed by atoms with Crippen molar-refractivity contribution in [2.45, 2.75) is 26.2 Å². The molecule has 0 saturated carbocycles. The molecular formula is C18H19N5O2. The van der Waals surface area contributed by atoms with Crippen molar-refractivity contribution in [3.63, 3.8) is 0 Å². The minimum absolute atomic E-state index is 0.0539. The number of aryl methyl sites for hydroxylation is 1. The second-order valence-electron chi connectivity index (χ2n) is 6.25. The molecule has 1 N–H and O–H groups in total. The monoisotopic (exact) mass is 337 g/mol. The Morgan fingerprint density at radius 2 is 2.00 bits per heavy atom. The van der Waals surface area contributed by atoms with Gasteiger partial charge in [-0.1, -0.05) is 40.6 Å². The molecule has 0 radical (unpaired) electrons. The summed E-state index contributed by atoms with van der Waals surface area (Å²) in [4.78, 5) is 14.5. The molecule has 0 unspecified atom stereocenters. The van der Waals surface area contributed by atoms with Gasteiger partial charge in [-0.15, -0.1) is 0 Å². The summed E-state index contributed by atoms with van der Waals surface area (Å²) in [7, 11) is 0. The lowest BCUT2D eigenvalue weighted by molar-refractivity contribution is -0.130. The molecule has 3 aromatic rings. The number of carbonyl (C=O) groups is 1. The molecule has 0 aliphatic carbocycles. The summed E-state index contributed by atoms with van der Waals surface area (Å²) in [6.07, 6.45) is 1.79. The average Bonchev–Trinajstić information content (AvgIpc) is 3.16. The van der Waals surface area contributed by atoms with Gasteiger partial charge in [-0.25, -0.2) is 4.63 Å². The number of nitrogens with zero attached hydrogens (tertiary/aromatic N) is 4. The third kappa shape index (κ3) is 3.05. The minimum atomic E-state index is 0.0539. The van der Waals surface area contributed by atoms with E-state index in [0.29, 0.717) is 24.5 Å². The molecule has 1 aliphatic heterocycles. The van der Waals surface area contributed by atoms with E-state index in [1.807, 2.05) is 23.1 Å². The summed E-state index contributed by atoms with van der Waals surface area (Å²) in [5, 5.41) is 15.2. The van der Waals surface area contributed by atoms with E-state index in [4.69, 9.17) is 0 Å². The summed E-state index contributed by atoms with van der Waals surface area (Å²) in [6, 6.07) is 10.1. The number of hydrogen-bond donors (Lipinski definition) is 1. The zero-order chi connectivity index (χ0) is 17.2. The highest BCUT2D eigenvalue weighted by Gasteiger charge is 2.24. The third-order valence-corrected chi connectivity index (χ3v) is 4.68. The van der Waals surface area contributed by atoms with Gasteiger partial charge < -0.3 is 4.90 Å².